The Kier molecular flexibility index (Phi) is 4.24. The molecule has 0 unspecified atom stereocenters. The third-order valence-corrected chi connectivity index (χ3v) is 2.80. The molecular weight excluding hydrogens is 278 g/mol. The van der Waals surface area contributed by atoms with Crippen LogP contribution in [0, 0.1) is 11.3 Å². The van der Waals surface area contributed by atoms with E-state index in [4.69, 9.17) is 26.3 Å². The number of nitrogens with zero attached hydrogens (tertiary/aromatic N) is 1. The Morgan fingerprint density at radius 3 is 2.60 bits per heavy atom. The van der Waals surface area contributed by atoms with E-state index >= 15 is 0 Å². The lowest BCUT2D eigenvalue weighted by molar-refractivity contribution is 0.112. The van der Waals surface area contributed by atoms with Crippen molar-refractivity contribution in [1.82, 2.24) is 0 Å². The predicted octanol–water partition coefficient (Wildman–Crippen LogP) is 3.83. The molecule has 0 aliphatic rings. The average Bonchev–Trinajstić information content (AvgIpc) is 2.47. The Labute approximate surface area is 121 Å². The fourth-order valence-corrected chi connectivity index (χ4v) is 1.80. The average molecular weight is 288 g/mol. The van der Waals surface area contributed by atoms with Crippen LogP contribution in [0.4, 0.5) is 0 Å². The monoisotopic (exact) mass is 287 g/mol. The van der Waals surface area contributed by atoms with Gasteiger partial charge in [0.15, 0.2) is 0 Å². The summed E-state index contributed by atoms with van der Waals surface area (Å²) in [6.45, 7) is 0. The highest BCUT2D eigenvalue weighted by Crippen LogP contribution is 2.30. The summed E-state index contributed by atoms with van der Waals surface area (Å²) in [5.74, 6) is 1.21. The van der Waals surface area contributed by atoms with Gasteiger partial charge in [-0.25, -0.2) is 0 Å². The van der Waals surface area contributed by atoms with Gasteiger partial charge < -0.3 is 9.47 Å². The Morgan fingerprint density at radius 1 is 1.20 bits per heavy atom. The zero-order valence-corrected chi connectivity index (χ0v) is 11.3. The molecule has 0 aliphatic heterocycles. The maximum absolute atomic E-state index is 10.9. The van der Waals surface area contributed by atoms with Crippen molar-refractivity contribution in [3.05, 3.63) is 52.5 Å². The van der Waals surface area contributed by atoms with Crippen molar-refractivity contribution < 1.29 is 14.3 Å². The third-order valence-electron chi connectivity index (χ3n) is 2.57. The molecule has 0 heterocycles. The van der Waals surface area contributed by atoms with Gasteiger partial charge in [0.1, 0.15) is 29.6 Å². The number of carbonyl (C=O) groups is 1. The topological polar surface area (TPSA) is 59.3 Å². The number of rotatable bonds is 4. The molecule has 0 bridgehead atoms. The quantitative estimate of drug-likeness (QED) is 0.802. The zero-order valence-electron chi connectivity index (χ0n) is 10.6. The van der Waals surface area contributed by atoms with Gasteiger partial charge in [0.2, 0.25) is 0 Å². The maximum atomic E-state index is 10.9. The van der Waals surface area contributed by atoms with Crippen LogP contribution in [-0.4, -0.2) is 13.4 Å². The van der Waals surface area contributed by atoms with E-state index in [0.717, 1.165) is 0 Å². The van der Waals surface area contributed by atoms with E-state index in [9.17, 15) is 4.79 Å². The summed E-state index contributed by atoms with van der Waals surface area (Å²) >= 11 is 5.89. The first kappa shape index (κ1) is 13.9. The molecule has 0 fully saturated rings. The first-order chi connectivity index (χ1) is 9.66. The van der Waals surface area contributed by atoms with Crippen molar-refractivity contribution in [3.63, 3.8) is 0 Å². The first-order valence-corrected chi connectivity index (χ1v) is 6.06. The molecule has 0 saturated carbocycles. The molecule has 4 nitrogen and oxygen atoms in total. The van der Waals surface area contributed by atoms with E-state index in [-0.39, 0.29) is 0 Å². The number of halogens is 1. The summed E-state index contributed by atoms with van der Waals surface area (Å²) in [6, 6.07) is 11.5. The van der Waals surface area contributed by atoms with Crippen LogP contribution in [-0.2, 0) is 0 Å². The van der Waals surface area contributed by atoms with Crippen molar-refractivity contribution in [1.29, 1.82) is 5.26 Å². The van der Waals surface area contributed by atoms with Crippen LogP contribution in [0.1, 0.15) is 15.9 Å². The lowest BCUT2D eigenvalue weighted by atomic mass is 10.2. The lowest BCUT2D eigenvalue weighted by Crippen LogP contribution is -1.92. The van der Waals surface area contributed by atoms with Crippen molar-refractivity contribution >= 4 is 17.9 Å². The molecule has 0 radical (unpaired) electrons. The van der Waals surface area contributed by atoms with Gasteiger partial charge in [0.05, 0.1) is 12.7 Å². The van der Waals surface area contributed by atoms with Gasteiger partial charge in [-0.2, -0.15) is 5.26 Å². The highest BCUT2D eigenvalue weighted by atomic mass is 35.5. The first-order valence-electron chi connectivity index (χ1n) is 5.68. The summed E-state index contributed by atoms with van der Waals surface area (Å²) in [6.07, 6.45) is 0.693. The third kappa shape index (κ3) is 3.08. The minimum atomic E-state index is 0.324. The Hall–Kier alpha value is -2.51. The number of nitriles is 1. The predicted molar refractivity (Wildman–Crippen MR) is 74.6 cm³/mol. The molecular formula is C15H10ClNO3. The van der Waals surface area contributed by atoms with Gasteiger partial charge in [-0.05, 0) is 24.3 Å². The molecule has 0 aliphatic carbocycles. The Bertz CT molecular complexity index is 692. The molecule has 0 atom stereocenters. The molecule has 0 N–H and O–H groups in total. The summed E-state index contributed by atoms with van der Waals surface area (Å²) in [4.78, 5) is 10.9. The second-order valence-electron chi connectivity index (χ2n) is 3.91. The van der Waals surface area contributed by atoms with E-state index in [0.29, 0.717) is 39.7 Å². The summed E-state index contributed by atoms with van der Waals surface area (Å²) in [5, 5.41) is 9.49. The molecule has 0 spiro atoms. The molecule has 100 valence electrons. The van der Waals surface area contributed by atoms with Gasteiger partial charge in [-0.1, -0.05) is 11.6 Å². The maximum Gasteiger partial charge on any atom is 0.150 e. The molecule has 5 heteroatoms. The minimum Gasteiger partial charge on any atom is -0.497 e. The number of hydrogen-bond donors (Lipinski definition) is 0. The molecule has 0 aromatic heterocycles. The molecule has 2 rings (SSSR count). The molecule has 2 aromatic rings. The second-order valence-corrected chi connectivity index (χ2v) is 4.35. The lowest BCUT2D eigenvalue weighted by Gasteiger charge is -2.10. The molecule has 0 amide bonds. The minimum absolute atomic E-state index is 0.324. The van der Waals surface area contributed by atoms with Gasteiger partial charge in [0, 0.05) is 22.7 Å². The highest BCUT2D eigenvalue weighted by molar-refractivity contribution is 6.30. The van der Waals surface area contributed by atoms with Crippen LogP contribution in [0.3, 0.4) is 0 Å². The van der Waals surface area contributed by atoms with Crippen molar-refractivity contribution in [3.8, 4) is 23.3 Å². The van der Waals surface area contributed by atoms with E-state index in [2.05, 4.69) is 0 Å². The second kappa shape index (κ2) is 6.09. The number of benzene rings is 2. The molecule has 20 heavy (non-hydrogen) atoms. The summed E-state index contributed by atoms with van der Waals surface area (Å²) in [5.41, 5.74) is 0.768. The number of ether oxygens (including phenoxy) is 2. The van der Waals surface area contributed by atoms with E-state index < -0.39 is 0 Å². The van der Waals surface area contributed by atoms with Crippen LogP contribution in [0.2, 0.25) is 5.02 Å². The van der Waals surface area contributed by atoms with Gasteiger partial charge in [-0.3, -0.25) is 4.79 Å². The number of methoxy groups -OCH3 is 1. The fourth-order valence-electron chi connectivity index (χ4n) is 1.64. The van der Waals surface area contributed by atoms with Crippen LogP contribution < -0.4 is 9.47 Å². The SMILES string of the molecule is COc1cc(C=O)cc(Oc2cc(Cl)ccc2C#N)c1. The largest absolute Gasteiger partial charge is 0.497 e. The zero-order chi connectivity index (χ0) is 14.5. The van der Waals surface area contributed by atoms with Gasteiger partial charge in [-0.15, -0.1) is 0 Å². The van der Waals surface area contributed by atoms with Crippen molar-refractivity contribution in [2.75, 3.05) is 7.11 Å². The van der Waals surface area contributed by atoms with E-state index in [1.165, 1.54) is 7.11 Å². The van der Waals surface area contributed by atoms with Crippen molar-refractivity contribution in [2.45, 2.75) is 0 Å². The molecule has 0 saturated heterocycles. The van der Waals surface area contributed by atoms with Gasteiger partial charge >= 0.3 is 0 Å². The summed E-state index contributed by atoms with van der Waals surface area (Å²) in [7, 11) is 1.49. The van der Waals surface area contributed by atoms with Crippen LogP contribution >= 0.6 is 11.6 Å². The smallest absolute Gasteiger partial charge is 0.150 e. The number of carbonyl (C=O) groups excluding carboxylic acids is 1. The van der Waals surface area contributed by atoms with Crippen LogP contribution in [0.5, 0.6) is 17.2 Å². The van der Waals surface area contributed by atoms with E-state index in [1.54, 1.807) is 36.4 Å². The summed E-state index contributed by atoms with van der Waals surface area (Å²) < 4.78 is 10.7. The fraction of sp³-hybridized carbons (Fsp3) is 0.0667. The standard InChI is InChI=1S/C15H10ClNO3/c1-19-13-4-10(9-18)5-14(7-13)20-15-6-12(16)3-2-11(15)8-17/h2-7,9H,1H3. The molecule has 2 aromatic carbocycles. The number of aldehydes is 1. The van der Waals surface area contributed by atoms with Crippen LogP contribution in [0.15, 0.2) is 36.4 Å². The van der Waals surface area contributed by atoms with Crippen molar-refractivity contribution in [2.24, 2.45) is 0 Å². The van der Waals surface area contributed by atoms with Gasteiger partial charge in [0.25, 0.3) is 0 Å². The van der Waals surface area contributed by atoms with E-state index in [1.807, 2.05) is 6.07 Å². The highest BCUT2D eigenvalue weighted by Gasteiger charge is 2.08. The van der Waals surface area contributed by atoms with Crippen LogP contribution in [0.25, 0.3) is 0 Å². The Balaban J connectivity index is 2.42. The Morgan fingerprint density at radius 2 is 1.95 bits per heavy atom. The number of hydrogen-bond acceptors (Lipinski definition) is 4. The normalized spacial score (nSPS) is 9.65.